The molecule has 0 radical (unpaired) electrons. The molecule has 1 aromatic rings. The zero-order chi connectivity index (χ0) is 20.8. The van der Waals surface area contributed by atoms with Gasteiger partial charge in [0.15, 0.2) is 0 Å². The first kappa shape index (κ1) is 19.6. The van der Waals surface area contributed by atoms with Crippen LogP contribution in [0.25, 0.3) is 0 Å². The lowest BCUT2D eigenvalue weighted by atomic mass is 9.81. The summed E-state index contributed by atoms with van der Waals surface area (Å²) in [4.78, 5) is 40.4. The van der Waals surface area contributed by atoms with Gasteiger partial charge in [-0.15, -0.1) is 0 Å². The van der Waals surface area contributed by atoms with Crippen LogP contribution >= 0.6 is 0 Å². The maximum atomic E-state index is 13.0. The van der Waals surface area contributed by atoms with E-state index in [0.717, 1.165) is 43.5 Å². The van der Waals surface area contributed by atoms with E-state index in [1.807, 2.05) is 31.2 Å². The number of carbonyl (C=O) groups excluding carboxylic acids is 3. The Hall–Kier alpha value is -2.37. The van der Waals surface area contributed by atoms with Gasteiger partial charge in [-0.3, -0.25) is 19.3 Å². The van der Waals surface area contributed by atoms with Gasteiger partial charge in [-0.2, -0.15) is 0 Å². The molecule has 3 amide bonds. The maximum Gasteiger partial charge on any atom is 0.233 e. The van der Waals surface area contributed by atoms with Crippen molar-refractivity contribution in [3.63, 3.8) is 0 Å². The molecule has 3 saturated carbocycles. The van der Waals surface area contributed by atoms with Crippen molar-refractivity contribution in [2.24, 2.45) is 29.6 Å². The highest BCUT2D eigenvalue weighted by atomic mass is 16.5. The Morgan fingerprint density at radius 3 is 2.13 bits per heavy atom. The first-order valence-electron chi connectivity index (χ1n) is 11.5. The van der Waals surface area contributed by atoms with Crippen molar-refractivity contribution in [3.8, 4) is 5.75 Å². The summed E-state index contributed by atoms with van der Waals surface area (Å²) >= 11 is 0. The number of benzene rings is 1. The van der Waals surface area contributed by atoms with Crippen LogP contribution in [-0.4, -0.2) is 35.3 Å². The number of rotatable bonds is 5. The highest BCUT2D eigenvalue weighted by Crippen LogP contribution is 2.56. The maximum absolute atomic E-state index is 13.0. The van der Waals surface area contributed by atoms with Crippen molar-refractivity contribution >= 4 is 23.4 Å². The molecule has 1 heterocycles. The molecule has 1 aliphatic heterocycles. The number of imide groups is 1. The van der Waals surface area contributed by atoms with E-state index >= 15 is 0 Å². The summed E-state index contributed by atoms with van der Waals surface area (Å²) in [6, 6.07) is 7.38. The summed E-state index contributed by atoms with van der Waals surface area (Å²) in [5.74, 6) is 1.67. The minimum absolute atomic E-state index is 0.0200. The molecule has 1 N–H and O–H groups in total. The number of nitrogens with zero attached hydrogens (tertiary/aromatic N) is 1. The van der Waals surface area contributed by atoms with Gasteiger partial charge in [0.1, 0.15) is 5.75 Å². The van der Waals surface area contributed by atoms with Gasteiger partial charge in [0, 0.05) is 17.6 Å². The second-order valence-corrected chi connectivity index (χ2v) is 9.38. The van der Waals surface area contributed by atoms with E-state index in [-0.39, 0.29) is 41.5 Å². The largest absolute Gasteiger partial charge is 0.494 e. The third-order valence-corrected chi connectivity index (χ3v) is 7.83. The number of amides is 3. The smallest absolute Gasteiger partial charge is 0.233 e. The molecular weight excluding hydrogens is 380 g/mol. The lowest BCUT2D eigenvalue weighted by Gasteiger charge is -2.33. The average molecular weight is 411 g/mol. The van der Waals surface area contributed by atoms with E-state index in [1.54, 1.807) is 4.90 Å². The Morgan fingerprint density at radius 2 is 1.57 bits per heavy atom. The molecule has 6 nitrogen and oxygen atoms in total. The topological polar surface area (TPSA) is 75.7 Å². The number of carbonyl (C=O) groups is 3. The molecule has 0 aromatic heterocycles. The molecule has 5 rings (SSSR count). The predicted molar refractivity (Wildman–Crippen MR) is 112 cm³/mol. The number of anilines is 1. The lowest BCUT2D eigenvalue weighted by molar-refractivity contribution is -0.144. The molecular formula is C24H30N2O4. The third-order valence-electron chi connectivity index (χ3n) is 7.83. The summed E-state index contributed by atoms with van der Waals surface area (Å²) in [6.45, 7) is 2.55. The summed E-state index contributed by atoms with van der Waals surface area (Å²) in [6.07, 6.45) is 6.17. The number of fused-ring (bicyclic) bond motifs is 5. The van der Waals surface area contributed by atoms with Gasteiger partial charge in [-0.25, -0.2) is 0 Å². The zero-order valence-electron chi connectivity index (χ0n) is 17.5. The first-order valence-corrected chi connectivity index (χ1v) is 11.5. The van der Waals surface area contributed by atoms with Gasteiger partial charge in [-0.1, -0.05) is 0 Å². The number of ether oxygens (including phenoxy) is 1. The second-order valence-electron chi connectivity index (χ2n) is 9.38. The van der Waals surface area contributed by atoms with Crippen LogP contribution in [-0.2, 0) is 14.4 Å². The number of likely N-dealkylation sites (tertiary alicyclic amines) is 1. The Kier molecular flexibility index (Phi) is 5.03. The van der Waals surface area contributed by atoms with E-state index in [4.69, 9.17) is 4.74 Å². The normalized spacial score (nSPS) is 34.9. The Morgan fingerprint density at radius 1 is 0.967 bits per heavy atom. The van der Waals surface area contributed by atoms with Gasteiger partial charge < -0.3 is 10.1 Å². The van der Waals surface area contributed by atoms with Crippen molar-refractivity contribution in [2.75, 3.05) is 11.9 Å². The van der Waals surface area contributed by atoms with Crippen molar-refractivity contribution in [1.29, 1.82) is 0 Å². The van der Waals surface area contributed by atoms with Crippen LogP contribution in [0.5, 0.6) is 5.75 Å². The fraction of sp³-hybridized carbons (Fsp3) is 0.625. The van der Waals surface area contributed by atoms with Crippen LogP contribution in [0.1, 0.15) is 51.9 Å². The molecule has 6 heteroatoms. The van der Waals surface area contributed by atoms with Crippen LogP contribution in [0, 0.1) is 29.6 Å². The second kappa shape index (κ2) is 7.71. The summed E-state index contributed by atoms with van der Waals surface area (Å²) in [5.41, 5.74) is 0.763. The van der Waals surface area contributed by atoms with E-state index in [1.165, 1.54) is 0 Å². The van der Waals surface area contributed by atoms with Gasteiger partial charge in [0.25, 0.3) is 0 Å². The Bertz CT molecular complexity index is 815. The molecule has 30 heavy (non-hydrogen) atoms. The van der Waals surface area contributed by atoms with Gasteiger partial charge in [0.05, 0.1) is 18.4 Å². The Balaban J connectivity index is 1.17. The number of hydrogen-bond donors (Lipinski definition) is 1. The summed E-state index contributed by atoms with van der Waals surface area (Å²) < 4.78 is 5.43. The SMILES string of the molecule is CCOc1ccc(NC(=O)C2CCC(N3C(=O)[C@H]4[C@H]5CC[C@@H](C5)[C@@H]4C3=O)CC2)cc1. The van der Waals surface area contributed by atoms with Crippen LogP contribution in [0.15, 0.2) is 24.3 Å². The molecule has 1 aromatic carbocycles. The van der Waals surface area contributed by atoms with Crippen LogP contribution in [0.2, 0.25) is 0 Å². The average Bonchev–Trinajstić information content (AvgIpc) is 3.44. The van der Waals surface area contributed by atoms with Crippen molar-refractivity contribution in [1.82, 2.24) is 4.90 Å². The Labute approximate surface area is 177 Å². The quantitative estimate of drug-likeness (QED) is 0.753. The fourth-order valence-electron chi connectivity index (χ4n) is 6.43. The molecule has 1 saturated heterocycles. The van der Waals surface area contributed by atoms with Gasteiger partial charge in [-0.05, 0) is 88.0 Å². The van der Waals surface area contributed by atoms with Crippen molar-refractivity contribution in [2.45, 2.75) is 57.9 Å². The van der Waals surface area contributed by atoms with Crippen molar-refractivity contribution < 1.29 is 19.1 Å². The van der Waals surface area contributed by atoms with Crippen LogP contribution in [0.3, 0.4) is 0 Å². The fourth-order valence-corrected chi connectivity index (χ4v) is 6.43. The van der Waals surface area contributed by atoms with E-state index in [0.29, 0.717) is 31.3 Å². The molecule has 4 fully saturated rings. The van der Waals surface area contributed by atoms with Crippen LogP contribution < -0.4 is 10.1 Å². The monoisotopic (exact) mass is 410 g/mol. The molecule has 0 spiro atoms. The summed E-state index contributed by atoms with van der Waals surface area (Å²) in [5, 5.41) is 2.99. The molecule has 2 bridgehead atoms. The van der Waals surface area contributed by atoms with Gasteiger partial charge in [0.2, 0.25) is 17.7 Å². The standard InChI is InChI=1S/C24H30N2O4/c1-2-30-19-11-7-17(8-12-19)25-22(27)14-5-9-18(10-6-14)26-23(28)20-15-3-4-16(13-15)21(20)24(26)29/h7-8,11-12,14-16,18,20-21H,2-6,9-10,13H2,1H3,(H,25,27)/t14?,15-,16-,18?,20-,21-/m0/s1. The van der Waals surface area contributed by atoms with E-state index in [9.17, 15) is 14.4 Å². The zero-order valence-corrected chi connectivity index (χ0v) is 17.5. The first-order chi connectivity index (χ1) is 14.6. The summed E-state index contributed by atoms with van der Waals surface area (Å²) in [7, 11) is 0. The highest BCUT2D eigenvalue weighted by molar-refractivity contribution is 6.06. The molecule has 0 unspecified atom stereocenters. The third kappa shape index (κ3) is 3.21. The molecule has 3 aliphatic carbocycles. The lowest BCUT2D eigenvalue weighted by Crippen LogP contribution is -2.44. The van der Waals surface area contributed by atoms with Gasteiger partial charge >= 0.3 is 0 Å². The molecule has 160 valence electrons. The molecule has 4 aliphatic rings. The van der Waals surface area contributed by atoms with Crippen LogP contribution in [0.4, 0.5) is 5.69 Å². The predicted octanol–water partition coefficient (Wildman–Crippen LogP) is 3.61. The highest BCUT2D eigenvalue weighted by Gasteiger charge is 2.61. The van der Waals surface area contributed by atoms with E-state index < -0.39 is 0 Å². The minimum Gasteiger partial charge on any atom is -0.494 e. The van der Waals surface area contributed by atoms with E-state index in [2.05, 4.69) is 5.32 Å². The van der Waals surface area contributed by atoms with Crippen molar-refractivity contribution in [3.05, 3.63) is 24.3 Å². The molecule has 4 atom stereocenters. The number of hydrogen-bond acceptors (Lipinski definition) is 4. The minimum atomic E-state index is -0.0729. The number of nitrogens with one attached hydrogen (secondary N) is 1.